The van der Waals surface area contributed by atoms with Crippen LogP contribution >= 0.6 is 0 Å². The van der Waals surface area contributed by atoms with E-state index in [1.165, 1.54) is 0 Å². The standard InChI is InChI=1S/C16H26BFO2/c1-8-9-10-11-14(2,3)12-13(18)17-19-15(4,5)16(6,7)20-17/h1,12H,9-11H2,2-7H3. The molecule has 0 bridgehead atoms. The molecule has 0 saturated carbocycles. The summed E-state index contributed by atoms with van der Waals surface area (Å²) in [5, 5.41) is 0. The van der Waals surface area contributed by atoms with Gasteiger partial charge in [0.15, 0.2) is 0 Å². The zero-order valence-electron chi connectivity index (χ0n) is 13.5. The Morgan fingerprint density at radius 3 is 2.20 bits per heavy atom. The summed E-state index contributed by atoms with van der Waals surface area (Å²) in [4.78, 5) is 0. The highest BCUT2D eigenvalue weighted by atomic mass is 19.1. The third-order valence-electron chi connectivity index (χ3n) is 4.15. The molecule has 0 spiro atoms. The predicted molar refractivity (Wildman–Crippen MR) is 81.7 cm³/mol. The first-order valence-corrected chi connectivity index (χ1v) is 7.18. The Hall–Kier alpha value is -0.785. The van der Waals surface area contributed by atoms with E-state index in [9.17, 15) is 4.39 Å². The van der Waals surface area contributed by atoms with E-state index in [1.54, 1.807) is 6.08 Å². The molecule has 2 nitrogen and oxygen atoms in total. The Labute approximate surface area is 123 Å². The lowest BCUT2D eigenvalue weighted by molar-refractivity contribution is 0.00578. The highest BCUT2D eigenvalue weighted by Gasteiger charge is 2.53. The fourth-order valence-electron chi connectivity index (χ4n) is 2.12. The molecule has 1 saturated heterocycles. The van der Waals surface area contributed by atoms with Crippen LogP contribution < -0.4 is 0 Å². The Bertz CT molecular complexity index is 403. The first-order valence-electron chi connectivity index (χ1n) is 7.18. The fraction of sp³-hybridized carbons (Fsp3) is 0.750. The van der Waals surface area contributed by atoms with Crippen molar-refractivity contribution in [3.8, 4) is 12.3 Å². The van der Waals surface area contributed by atoms with E-state index < -0.39 is 18.3 Å². The predicted octanol–water partition coefficient (Wildman–Crippen LogP) is 4.30. The largest absolute Gasteiger partial charge is 0.524 e. The second kappa shape index (κ2) is 5.91. The van der Waals surface area contributed by atoms with Gasteiger partial charge in [0, 0.05) is 6.42 Å². The summed E-state index contributed by atoms with van der Waals surface area (Å²) in [5.41, 5.74) is -1.65. The molecule has 1 aliphatic heterocycles. The Morgan fingerprint density at radius 1 is 1.25 bits per heavy atom. The van der Waals surface area contributed by atoms with Crippen molar-refractivity contribution in [1.29, 1.82) is 0 Å². The SMILES string of the molecule is C#CCCCC(C)(C)C=C(F)B1OC(C)(C)C(C)(C)O1. The topological polar surface area (TPSA) is 18.5 Å². The molecule has 1 aliphatic rings. The third-order valence-corrected chi connectivity index (χ3v) is 4.15. The second-order valence-corrected chi connectivity index (χ2v) is 7.16. The van der Waals surface area contributed by atoms with Crippen molar-refractivity contribution in [3.05, 3.63) is 11.8 Å². The van der Waals surface area contributed by atoms with Crippen LogP contribution in [-0.2, 0) is 9.31 Å². The molecule has 0 amide bonds. The lowest BCUT2D eigenvalue weighted by Crippen LogP contribution is -2.41. The summed E-state index contributed by atoms with van der Waals surface area (Å²) in [5.74, 6) is 2.61. The average Bonchev–Trinajstić information content (AvgIpc) is 2.48. The summed E-state index contributed by atoms with van der Waals surface area (Å²) < 4.78 is 25.8. The quantitative estimate of drug-likeness (QED) is 0.424. The van der Waals surface area contributed by atoms with E-state index in [-0.39, 0.29) is 11.1 Å². The minimum absolute atomic E-state index is 0.259. The molecule has 1 heterocycles. The van der Waals surface area contributed by atoms with Gasteiger partial charge in [0.05, 0.1) is 11.2 Å². The number of terminal acetylenes is 1. The van der Waals surface area contributed by atoms with Crippen LogP contribution in [0.1, 0.15) is 60.8 Å². The van der Waals surface area contributed by atoms with Gasteiger partial charge >= 0.3 is 7.12 Å². The van der Waals surface area contributed by atoms with Gasteiger partial charge in [-0.2, -0.15) is 0 Å². The van der Waals surface area contributed by atoms with Crippen molar-refractivity contribution in [2.75, 3.05) is 0 Å². The van der Waals surface area contributed by atoms with E-state index in [4.69, 9.17) is 15.7 Å². The molecule has 0 radical (unpaired) electrons. The molecule has 0 atom stereocenters. The smallest absolute Gasteiger partial charge is 0.398 e. The minimum Gasteiger partial charge on any atom is -0.398 e. The summed E-state index contributed by atoms with van der Waals surface area (Å²) in [6.45, 7) is 11.6. The maximum Gasteiger partial charge on any atom is 0.524 e. The Morgan fingerprint density at radius 2 is 1.75 bits per heavy atom. The van der Waals surface area contributed by atoms with Crippen LogP contribution in [0.3, 0.4) is 0 Å². The zero-order chi connectivity index (χ0) is 15.6. The molecular formula is C16H26BFO2. The first kappa shape index (κ1) is 17.3. The van der Waals surface area contributed by atoms with Crippen LogP contribution in [0.25, 0.3) is 0 Å². The number of unbranched alkanes of at least 4 members (excludes halogenated alkanes) is 1. The van der Waals surface area contributed by atoms with Crippen LogP contribution in [0.2, 0.25) is 0 Å². The van der Waals surface area contributed by atoms with Crippen LogP contribution in [0.15, 0.2) is 11.8 Å². The van der Waals surface area contributed by atoms with E-state index in [2.05, 4.69) is 5.92 Å². The number of hydrogen-bond donors (Lipinski definition) is 0. The first-order chi connectivity index (χ1) is 9.01. The molecule has 0 N–H and O–H groups in total. The Balaban J connectivity index is 2.73. The van der Waals surface area contributed by atoms with Gasteiger partial charge in [-0.1, -0.05) is 19.9 Å². The normalized spacial score (nSPS) is 21.9. The molecule has 20 heavy (non-hydrogen) atoms. The van der Waals surface area contributed by atoms with Gasteiger partial charge in [0.2, 0.25) is 0 Å². The van der Waals surface area contributed by atoms with E-state index in [0.29, 0.717) is 0 Å². The van der Waals surface area contributed by atoms with E-state index >= 15 is 0 Å². The van der Waals surface area contributed by atoms with E-state index in [0.717, 1.165) is 19.3 Å². The lowest BCUT2D eigenvalue weighted by Gasteiger charge is -2.32. The number of rotatable bonds is 5. The highest BCUT2D eigenvalue weighted by Crippen LogP contribution is 2.39. The number of allylic oxidation sites excluding steroid dienone is 1. The summed E-state index contributed by atoms with van der Waals surface area (Å²) in [6, 6.07) is 0. The van der Waals surface area contributed by atoms with Crippen molar-refractivity contribution < 1.29 is 13.7 Å². The van der Waals surface area contributed by atoms with Crippen molar-refractivity contribution in [2.45, 2.75) is 72.0 Å². The molecular weight excluding hydrogens is 254 g/mol. The zero-order valence-corrected chi connectivity index (χ0v) is 13.5. The van der Waals surface area contributed by atoms with Gasteiger partial charge in [-0.05, 0) is 46.0 Å². The maximum absolute atomic E-state index is 14.4. The van der Waals surface area contributed by atoms with Crippen LogP contribution in [0, 0.1) is 17.8 Å². The van der Waals surface area contributed by atoms with Crippen molar-refractivity contribution in [2.24, 2.45) is 5.41 Å². The van der Waals surface area contributed by atoms with Crippen LogP contribution in [0.5, 0.6) is 0 Å². The maximum atomic E-state index is 14.4. The summed E-state index contributed by atoms with van der Waals surface area (Å²) >= 11 is 0. The molecule has 1 rings (SSSR count). The molecule has 0 aromatic rings. The van der Waals surface area contributed by atoms with Crippen molar-refractivity contribution >= 4 is 7.12 Å². The van der Waals surface area contributed by atoms with Crippen LogP contribution in [-0.4, -0.2) is 18.3 Å². The van der Waals surface area contributed by atoms with Gasteiger partial charge in [0.1, 0.15) is 5.73 Å². The minimum atomic E-state index is -0.910. The molecule has 0 aliphatic carbocycles. The van der Waals surface area contributed by atoms with Gasteiger partial charge in [-0.25, -0.2) is 4.39 Å². The summed E-state index contributed by atoms with van der Waals surface area (Å²) in [7, 11) is -0.910. The molecule has 1 fully saturated rings. The van der Waals surface area contributed by atoms with Crippen molar-refractivity contribution in [3.63, 3.8) is 0 Å². The fourth-order valence-corrected chi connectivity index (χ4v) is 2.12. The van der Waals surface area contributed by atoms with Gasteiger partial charge in [-0.15, -0.1) is 12.3 Å². The molecule has 0 aromatic carbocycles. The molecule has 0 unspecified atom stereocenters. The summed E-state index contributed by atoms with van der Waals surface area (Å²) in [6.07, 6.45) is 9.28. The number of halogens is 1. The van der Waals surface area contributed by atoms with Gasteiger partial charge in [-0.3, -0.25) is 0 Å². The lowest BCUT2D eigenvalue weighted by atomic mass is 9.79. The van der Waals surface area contributed by atoms with Gasteiger partial charge in [0.25, 0.3) is 0 Å². The van der Waals surface area contributed by atoms with Crippen molar-refractivity contribution in [1.82, 2.24) is 0 Å². The third kappa shape index (κ3) is 4.10. The van der Waals surface area contributed by atoms with E-state index in [1.807, 2.05) is 41.5 Å². The monoisotopic (exact) mass is 280 g/mol. The highest BCUT2D eigenvalue weighted by molar-refractivity contribution is 6.53. The molecule has 4 heteroatoms. The number of hydrogen-bond acceptors (Lipinski definition) is 2. The molecule has 112 valence electrons. The molecule has 0 aromatic heterocycles. The average molecular weight is 280 g/mol. The second-order valence-electron chi connectivity index (χ2n) is 7.16. The van der Waals surface area contributed by atoms with Gasteiger partial charge < -0.3 is 9.31 Å². The Kier molecular flexibility index (Phi) is 5.10. The van der Waals surface area contributed by atoms with Crippen LogP contribution in [0.4, 0.5) is 4.39 Å².